The number of hydrogen-bond acceptors (Lipinski definition) is 5. The maximum Gasteiger partial charge on any atom is 0.331 e. The lowest BCUT2D eigenvalue weighted by Gasteiger charge is -2.26. The molecule has 3 heterocycles. The van der Waals surface area contributed by atoms with Crippen molar-refractivity contribution in [2.75, 3.05) is 13.2 Å². The Morgan fingerprint density at radius 2 is 2.08 bits per heavy atom. The Balaban J connectivity index is 1.83. The maximum atomic E-state index is 13.2. The number of amides is 1. The van der Waals surface area contributed by atoms with Gasteiger partial charge in [0.05, 0.1) is 11.9 Å². The Morgan fingerprint density at radius 3 is 2.88 bits per heavy atom. The number of benzene rings is 1. The van der Waals surface area contributed by atoms with Gasteiger partial charge in [0.2, 0.25) is 0 Å². The summed E-state index contributed by atoms with van der Waals surface area (Å²) in [4.78, 5) is 38.0. The molecule has 0 saturated carbocycles. The molecule has 1 aliphatic heterocycles. The number of aromatic amines is 1. The van der Waals surface area contributed by atoms with Crippen LogP contribution in [-0.2, 0) is 4.79 Å². The van der Waals surface area contributed by atoms with E-state index in [9.17, 15) is 14.7 Å². The molecule has 1 atom stereocenters. The molecule has 2 N–H and O–H groups in total. The second-order valence-electron chi connectivity index (χ2n) is 5.98. The summed E-state index contributed by atoms with van der Waals surface area (Å²) in [6, 6.07) is 7.43. The van der Waals surface area contributed by atoms with Gasteiger partial charge in [-0.2, -0.15) is 0 Å². The normalized spacial score (nSPS) is 16.7. The van der Waals surface area contributed by atoms with Gasteiger partial charge < -0.3 is 19.7 Å². The maximum absolute atomic E-state index is 13.2. The molecule has 0 spiro atoms. The molecule has 8 heteroatoms. The topological polar surface area (TPSA) is 108 Å². The molecule has 0 fully saturated rings. The number of ether oxygens (including phenoxy) is 1. The van der Waals surface area contributed by atoms with Gasteiger partial charge >= 0.3 is 5.97 Å². The van der Waals surface area contributed by atoms with Crippen molar-refractivity contribution in [1.29, 1.82) is 0 Å². The van der Waals surface area contributed by atoms with Gasteiger partial charge in [-0.15, -0.1) is 0 Å². The van der Waals surface area contributed by atoms with Crippen LogP contribution in [0.3, 0.4) is 0 Å². The van der Waals surface area contributed by atoms with Crippen LogP contribution >= 0.6 is 0 Å². The van der Waals surface area contributed by atoms with Crippen LogP contribution in [0.1, 0.15) is 27.9 Å². The monoisotopic (exact) mass is 352 g/mol. The Morgan fingerprint density at radius 1 is 1.27 bits per heavy atom. The zero-order valence-corrected chi connectivity index (χ0v) is 14.0. The fourth-order valence-corrected chi connectivity index (χ4v) is 3.23. The van der Waals surface area contributed by atoms with E-state index in [1.807, 2.05) is 0 Å². The molecule has 1 aromatic carbocycles. The average Bonchev–Trinajstić information content (AvgIpc) is 2.99. The third-order valence-corrected chi connectivity index (χ3v) is 4.34. The molecule has 3 aromatic rings. The van der Waals surface area contributed by atoms with Crippen molar-refractivity contribution < 1.29 is 19.4 Å². The van der Waals surface area contributed by atoms with Crippen LogP contribution in [-0.4, -0.2) is 50.0 Å². The second kappa shape index (κ2) is 6.14. The third kappa shape index (κ3) is 2.55. The smallest absolute Gasteiger partial charge is 0.331 e. The summed E-state index contributed by atoms with van der Waals surface area (Å²) in [6.07, 6.45) is 1.67. The summed E-state index contributed by atoms with van der Waals surface area (Å²) in [5.41, 5.74) is 1.17. The van der Waals surface area contributed by atoms with Crippen LogP contribution in [0.15, 0.2) is 36.5 Å². The lowest BCUT2D eigenvalue weighted by atomic mass is 10.0. The SMILES string of the molecule is Cc1nc(C(=O)N2CCOc3ccccc3C2C(=O)O)c2cc[nH]c2n1. The fourth-order valence-electron chi connectivity index (χ4n) is 3.23. The average molecular weight is 352 g/mol. The van der Waals surface area contributed by atoms with E-state index in [1.54, 1.807) is 43.5 Å². The van der Waals surface area contributed by atoms with Gasteiger partial charge in [-0.3, -0.25) is 4.79 Å². The number of carbonyl (C=O) groups is 2. The van der Waals surface area contributed by atoms with Gasteiger partial charge in [-0.1, -0.05) is 18.2 Å². The third-order valence-electron chi connectivity index (χ3n) is 4.34. The largest absolute Gasteiger partial charge is 0.491 e. The molecule has 8 nitrogen and oxygen atoms in total. The number of aliphatic carboxylic acids is 1. The Labute approximate surface area is 148 Å². The van der Waals surface area contributed by atoms with Gasteiger partial charge in [-0.25, -0.2) is 14.8 Å². The van der Waals surface area contributed by atoms with Crippen molar-refractivity contribution in [2.24, 2.45) is 0 Å². The first-order valence-electron chi connectivity index (χ1n) is 8.13. The van der Waals surface area contributed by atoms with E-state index in [-0.39, 0.29) is 18.8 Å². The summed E-state index contributed by atoms with van der Waals surface area (Å²) >= 11 is 0. The summed E-state index contributed by atoms with van der Waals surface area (Å²) in [5.74, 6) is -0.678. The number of nitrogens with zero attached hydrogens (tertiary/aromatic N) is 3. The van der Waals surface area contributed by atoms with E-state index < -0.39 is 17.9 Å². The highest BCUT2D eigenvalue weighted by Crippen LogP contribution is 2.33. The van der Waals surface area contributed by atoms with Gasteiger partial charge in [-0.05, 0) is 19.1 Å². The number of H-pyrrole nitrogens is 1. The Hall–Kier alpha value is -3.42. The fraction of sp³-hybridized carbons (Fsp3) is 0.222. The van der Waals surface area contributed by atoms with Gasteiger partial charge in [0.25, 0.3) is 5.91 Å². The van der Waals surface area contributed by atoms with E-state index in [4.69, 9.17) is 4.74 Å². The molecule has 0 radical (unpaired) electrons. The predicted molar refractivity (Wildman–Crippen MR) is 92.0 cm³/mol. The Kier molecular flexibility index (Phi) is 3.80. The second-order valence-corrected chi connectivity index (χ2v) is 5.98. The van der Waals surface area contributed by atoms with E-state index in [0.717, 1.165) is 0 Å². The zero-order chi connectivity index (χ0) is 18.3. The van der Waals surface area contributed by atoms with Crippen LogP contribution in [0.5, 0.6) is 5.75 Å². The Bertz CT molecular complexity index is 1010. The number of para-hydroxylation sites is 1. The number of aromatic nitrogens is 3. The minimum absolute atomic E-state index is 0.138. The number of carboxylic acids is 1. The first-order chi connectivity index (χ1) is 12.6. The molecule has 26 heavy (non-hydrogen) atoms. The molecule has 0 aliphatic carbocycles. The minimum atomic E-state index is -1.15. The van der Waals surface area contributed by atoms with Crippen molar-refractivity contribution in [2.45, 2.75) is 13.0 Å². The molecular formula is C18H16N4O4. The van der Waals surface area contributed by atoms with E-state index >= 15 is 0 Å². The van der Waals surface area contributed by atoms with Crippen LogP contribution in [0.4, 0.5) is 0 Å². The van der Waals surface area contributed by atoms with Crippen molar-refractivity contribution in [3.63, 3.8) is 0 Å². The standard InChI is InChI=1S/C18H16N4O4/c1-10-20-14(12-6-7-19-16(12)21-10)17(23)22-8-9-26-13-5-3-2-4-11(13)15(22)18(24)25/h2-7,15H,8-9H2,1H3,(H,24,25)(H,19,20,21). The van der Waals surface area contributed by atoms with Crippen molar-refractivity contribution >= 4 is 22.9 Å². The summed E-state index contributed by atoms with van der Waals surface area (Å²) in [5, 5.41) is 10.4. The molecule has 1 aliphatic rings. The number of fused-ring (bicyclic) bond motifs is 2. The van der Waals surface area contributed by atoms with Crippen LogP contribution in [0, 0.1) is 6.92 Å². The predicted octanol–water partition coefficient (Wildman–Crippen LogP) is 1.93. The number of carboxylic acid groups (broad SMARTS) is 1. The van der Waals surface area contributed by atoms with Crippen molar-refractivity contribution in [3.8, 4) is 5.75 Å². The van der Waals surface area contributed by atoms with Crippen molar-refractivity contribution in [1.82, 2.24) is 19.9 Å². The van der Waals surface area contributed by atoms with Gasteiger partial charge in [0.1, 0.15) is 29.5 Å². The van der Waals surface area contributed by atoms with Crippen molar-refractivity contribution in [3.05, 3.63) is 53.6 Å². The highest BCUT2D eigenvalue weighted by atomic mass is 16.5. The summed E-state index contributed by atoms with van der Waals surface area (Å²) < 4.78 is 5.65. The number of rotatable bonds is 2. The molecule has 4 rings (SSSR count). The van der Waals surface area contributed by atoms with Crippen LogP contribution in [0.25, 0.3) is 11.0 Å². The minimum Gasteiger partial charge on any atom is -0.491 e. The number of hydrogen-bond donors (Lipinski definition) is 2. The molecular weight excluding hydrogens is 336 g/mol. The molecule has 132 valence electrons. The molecule has 2 aromatic heterocycles. The lowest BCUT2D eigenvalue weighted by molar-refractivity contribution is -0.142. The van der Waals surface area contributed by atoms with Crippen LogP contribution < -0.4 is 4.74 Å². The zero-order valence-electron chi connectivity index (χ0n) is 14.0. The van der Waals surface area contributed by atoms with E-state index in [1.165, 1.54) is 4.90 Å². The van der Waals surface area contributed by atoms with Gasteiger partial charge in [0.15, 0.2) is 6.04 Å². The quantitative estimate of drug-likeness (QED) is 0.729. The number of aryl methyl sites for hydroxylation is 1. The molecule has 1 amide bonds. The first kappa shape index (κ1) is 16.1. The first-order valence-corrected chi connectivity index (χ1v) is 8.13. The summed E-state index contributed by atoms with van der Waals surface area (Å²) in [7, 11) is 0. The van der Waals surface area contributed by atoms with Crippen LogP contribution in [0.2, 0.25) is 0 Å². The number of carbonyl (C=O) groups excluding carboxylic acids is 1. The molecule has 0 bridgehead atoms. The van der Waals surface area contributed by atoms with E-state index in [2.05, 4.69) is 15.0 Å². The lowest BCUT2D eigenvalue weighted by Crippen LogP contribution is -2.40. The number of nitrogens with one attached hydrogen (secondary N) is 1. The highest BCUT2D eigenvalue weighted by molar-refractivity contribution is 6.05. The molecule has 1 unspecified atom stereocenters. The summed E-state index contributed by atoms with van der Waals surface area (Å²) in [6.45, 7) is 2.03. The highest BCUT2D eigenvalue weighted by Gasteiger charge is 2.36. The molecule has 0 saturated heterocycles. The van der Waals surface area contributed by atoms with E-state index in [0.29, 0.717) is 28.2 Å². The van der Waals surface area contributed by atoms with Gasteiger partial charge in [0, 0.05) is 11.8 Å².